The number of hydrogen-bond donors (Lipinski definition) is 1. The molecule has 19 heavy (non-hydrogen) atoms. The van der Waals surface area contributed by atoms with Gasteiger partial charge in [-0.05, 0) is 53.2 Å². The molecule has 0 amide bonds. The quantitative estimate of drug-likeness (QED) is 0.846. The second-order valence-electron chi connectivity index (χ2n) is 4.44. The fourth-order valence-electron chi connectivity index (χ4n) is 2.03. The van der Waals surface area contributed by atoms with Crippen LogP contribution in [0.3, 0.4) is 0 Å². The minimum absolute atomic E-state index is 0.365. The number of halogens is 1. The highest BCUT2D eigenvalue weighted by molar-refractivity contribution is 9.10. The minimum Gasteiger partial charge on any atom is -0.309 e. The molecule has 1 unspecified atom stereocenters. The van der Waals surface area contributed by atoms with E-state index < -0.39 is 0 Å². The molecule has 0 radical (unpaired) electrons. The summed E-state index contributed by atoms with van der Waals surface area (Å²) in [5.41, 5.74) is 1.13. The summed E-state index contributed by atoms with van der Waals surface area (Å²) in [6.45, 7) is 5.32. The van der Waals surface area contributed by atoms with Gasteiger partial charge >= 0.3 is 0 Å². The highest BCUT2D eigenvalue weighted by Gasteiger charge is 2.14. The highest BCUT2D eigenvalue weighted by atomic mass is 79.9. The standard InChI is InChI=1S/C15H19BrN2S/c1-3-13-7-8-15(19-13)14(17-4-2)9-12-6-5-11(16)10-18-12/h5-8,10,14,17H,3-4,9H2,1-2H3. The Hall–Kier alpha value is -0.710. The Kier molecular flexibility index (Phi) is 5.55. The van der Waals surface area contributed by atoms with Gasteiger partial charge < -0.3 is 5.32 Å². The molecule has 2 nitrogen and oxygen atoms in total. The van der Waals surface area contributed by atoms with Gasteiger partial charge in [-0.3, -0.25) is 4.98 Å². The first-order valence-corrected chi connectivity index (χ1v) is 8.26. The summed E-state index contributed by atoms with van der Waals surface area (Å²) in [6, 6.07) is 8.98. The van der Waals surface area contributed by atoms with Crippen molar-refractivity contribution in [1.82, 2.24) is 10.3 Å². The van der Waals surface area contributed by atoms with E-state index in [1.165, 1.54) is 9.75 Å². The summed E-state index contributed by atoms with van der Waals surface area (Å²) in [5, 5.41) is 3.56. The summed E-state index contributed by atoms with van der Waals surface area (Å²) >= 11 is 5.33. The van der Waals surface area contributed by atoms with Crippen LogP contribution in [0.4, 0.5) is 0 Å². The Balaban J connectivity index is 2.13. The molecule has 1 N–H and O–H groups in total. The predicted molar refractivity (Wildman–Crippen MR) is 85.8 cm³/mol. The third kappa shape index (κ3) is 4.13. The number of hydrogen-bond acceptors (Lipinski definition) is 3. The van der Waals surface area contributed by atoms with Crippen LogP contribution in [0, 0.1) is 0 Å². The van der Waals surface area contributed by atoms with Gasteiger partial charge in [-0.15, -0.1) is 11.3 Å². The lowest BCUT2D eigenvalue weighted by Gasteiger charge is -2.16. The summed E-state index contributed by atoms with van der Waals surface area (Å²) in [7, 11) is 0. The van der Waals surface area contributed by atoms with Crippen LogP contribution in [0.2, 0.25) is 0 Å². The van der Waals surface area contributed by atoms with Crippen molar-refractivity contribution in [3.8, 4) is 0 Å². The van der Waals surface area contributed by atoms with E-state index in [9.17, 15) is 0 Å². The van der Waals surface area contributed by atoms with E-state index in [4.69, 9.17) is 0 Å². The van der Waals surface area contributed by atoms with Crippen molar-refractivity contribution >= 4 is 27.3 Å². The maximum absolute atomic E-state index is 4.47. The fourth-order valence-corrected chi connectivity index (χ4v) is 3.29. The largest absolute Gasteiger partial charge is 0.309 e. The van der Waals surface area contributed by atoms with Crippen molar-refractivity contribution in [2.45, 2.75) is 32.7 Å². The molecule has 0 bridgehead atoms. The molecule has 102 valence electrons. The molecular formula is C15H19BrN2S. The molecule has 2 aromatic heterocycles. The van der Waals surface area contributed by atoms with Gasteiger partial charge in [-0.1, -0.05) is 13.8 Å². The maximum Gasteiger partial charge on any atom is 0.0470 e. The molecule has 0 fully saturated rings. The van der Waals surface area contributed by atoms with Crippen molar-refractivity contribution in [2.75, 3.05) is 6.54 Å². The van der Waals surface area contributed by atoms with E-state index in [0.29, 0.717) is 6.04 Å². The topological polar surface area (TPSA) is 24.9 Å². The SMILES string of the molecule is CCNC(Cc1ccc(Br)cn1)c1ccc(CC)s1. The Morgan fingerprint density at radius 2 is 2.11 bits per heavy atom. The minimum atomic E-state index is 0.365. The van der Waals surface area contributed by atoms with E-state index in [1.54, 1.807) is 0 Å². The van der Waals surface area contributed by atoms with E-state index in [2.05, 4.69) is 64.3 Å². The summed E-state index contributed by atoms with van der Waals surface area (Å²) < 4.78 is 1.03. The van der Waals surface area contributed by atoms with Gasteiger partial charge in [0, 0.05) is 38.6 Å². The molecule has 0 spiro atoms. The van der Waals surface area contributed by atoms with Crippen molar-refractivity contribution in [3.63, 3.8) is 0 Å². The van der Waals surface area contributed by atoms with E-state index in [0.717, 1.165) is 29.6 Å². The molecule has 0 aromatic carbocycles. The highest BCUT2D eigenvalue weighted by Crippen LogP contribution is 2.26. The Labute approximate surface area is 127 Å². The first-order valence-electron chi connectivity index (χ1n) is 6.65. The number of likely N-dealkylation sites (N-methyl/N-ethyl adjacent to an activating group) is 1. The molecular weight excluding hydrogens is 320 g/mol. The Bertz CT molecular complexity index is 507. The van der Waals surface area contributed by atoms with Crippen LogP contribution in [0.15, 0.2) is 34.9 Å². The van der Waals surface area contributed by atoms with Crippen LogP contribution >= 0.6 is 27.3 Å². The second-order valence-corrected chi connectivity index (χ2v) is 6.56. The number of pyridine rings is 1. The lowest BCUT2D eigenvalue weighted by Crippen LogP contribution is -2.22. The molecule has 0 aliphatic carbocycles. The van der Waals surface area contributed by atoms with E-state index in [-0.39, 0.29) is 0 Å². The molecule has 0 saturated carbocycles. The average molecular weight is 339 g/mol. The number of rotatable bonds is 6. The van der Waals surface area contributed by atoms with Gasteiger partial charge in [-0.25, -0.2) is 0 Å². The smallest absolute Gasteiger partial charge is 0.0470 e. The third-order valence-electron chi connectivity index (χ3n) is 3.03. The average Bonchev–Trinajstić information content (AvgIpc) is 2.89. The Morgan fingerprint density at radius 1 is 1.26 bits per heavy atom. The molecule has 2 heterocycles. The van der Waals surface area contributed by atoms with Gasteiger partial charge in [0.05, 0.1) is 0 Å². The monoisotopic (exact) mass is 338 g/mol. The Morgan fingerprint density at radius 3 is 2.68 bits per heavy atom. The second kappa shape index (κ2) is 7.17. The van der Waals surface area contributed by atoms with E-state index >= 15 is 0 Å². The number of nitrogens with one attached hydrogen (secondary N) is 1. The van der Waals surface area contributed by atoms with Crippen LogP contribution in [-0.4, -0.2) is 11.5 Å². The zero-order valence-corrected chi connectivity index (χ0v) is 13.7. The van der Waals surface area contributed by atoms with Crippen molar-refractivity contribution in [1.29, 1.82) is 0 Å². The van der Waals surface area contributed by atoms with Gasteiger partial charge in [0.1, 0.15) is 0 Å². The van der Waals surface area contributed by atoms with Gasteiger partial charge in [0.25, 0.3) is 0 Å². The first-order chi connectivity index (χ1) is 9.22. The first kappa shape index (κ1) is 14.7. The lowest BCUT2D eigenvalue weighted by atomic mass is 10.1. The summed E-state index contributed by atoms with van der Waals surface area (Å²) in [5.74, 6) is 0. The van der Waals surface area contributed by atoms with Crippen LogP contribution < -0.4 is 5.32 Å². The molecule has 0 aliphatic rings. The molecule has 1 atom stereocenters. The van der Waals surface area contributed by atoms with Crippen molar-refractivity contribution < 1.29 is 0 Å². The summed E-state index contributed by atoms with van der Waals surface area (Å²) in [6.07, 6.45) is 3.91. The van der Waals surface area contributed by atoms with Crippen molar-refractivity contribution in [2.24, 2.45) is 0 Å². The van der Waals surface area contributed by atoms with Crippen LogP contribution in [0.25, 0.3) is 0 Å². The predicted octanol–water partition coefficient (Wildman–Crippen LogP) is 4.36. The summed E-state index contributed by atoms with van der Waals surface area (Å²) in [4.78, 5) is 7.32. The van der Waals surface area contributed by atoms with Crippen LogP contribution in [-0.2, 0) is 12.8 Å². The molecule has 2 aromatic rings. The molecule has 0 saturated heterocycles. The zero-order valence-electron chi connectivity index (χ0n) is 11.3. The van der Waals surface area contributed by atoms with Crippen molar-refractivity contribution in [3.05, 3.63) is 50.4 Å². The number of aryl methyl sites for hydroxylation is 1. The van der Waals surface area contributed by atoms with Gasteiger partial charge in [0.2, 0.25) is 0 Å². The number of aromatic nitrogens is 1. The molecule has 4 heteroatoms. The van der Waals surface area contributed by atoms with Gasteiger partial charge in [-0.2, -0.15) is 0 Å². The molecule has 0 aliphatic heterocycles. The fraction of sp³-hybridized carbons (Fsp3) is 0.400. The number of thiophene rings is 1. The normalized spacial score (nSPS) is 12.6. The lowest BCUT2D eigenvalue weighted by molar-refractivity contribution is 0.552. The van der Waals surface area contributed by atoms with Gasteiger partial charge in [0.15, 0.2) is 0 Å². The third-order valence-corrected chi connectivity index (χ3v) is 4.84. The van der Waals surface area contributed by atoms with E-state index in [1.807, 2.05) is 17.5 Å². The maximum atomic E-state index is 4.47. The zero-order chi connectivity index (χ0) is 13.7. The molecule has 2 rings (SSSR count). The van der Waals surface area contributed by atoms with Crippen LogP contribution in [0.1, 0.15) is 35.3 Å². The van der Waals surface area contributed by atoms with Crippen LogP contribution in [0.5, 0.6) is 0 Å². The number of nitrogens with zero attached hydrogens (tertiary/aromatic N) is 1.